The largest absolute Gasteiger partial charge is 0.364 e. The molecule has 1 saturated heterocycles. The Labute approximate surface area is 193 Å². The average molecular weight is 480 g/mol. The van der Waals surface area contributed by atoms with Crippen LogP contribution in [0, 0.1) is 6.92 Å². The first kappa shape index (κ1) is 23.8. The zero-order chi connectivity index (χ0) is 22.3. The summed E-state index contributed by atoms with van der Waals surface area (Å²) in [6, 6.07) is 2.44. The zero-order valence-electron chi connectivity index (χ0n) is 16.5. The molecular formula is C21H23ClFN5O3S. The second-order valence-corrected chi connectivity index (χ2v) is 9.32. The number of nitrogens with zero attached hydrogens (tertiary/aromatic N) is 4. The Morgan fingerprint density at radius 3 is 2.78 bits per heavy atom. The number of rotatable bonds is 6. The first-order chi connectivity index (χ1) is 14.7. The Morgan fingerprint density at radius 1 is 1.38 bits per heavy atom. The molecule has 4 heterocycles. The minimum atomic E-state index is -1.29. The number of hydrogen-bond acceptors (Lipinski definition) is 6. The molecule has 3 aromatic heterocycles. The molecule has 0 saturated carbocycles. The van der Waals surface area contributed by atoms with Crippen LogP contribution >= 0.6 is 22.9 Å². The highest BCUT2D eigenvalue weighted by Gasteiger charge is 2.39. The standard InChI is InChI=1S/C20H19ClFN5O3S.CH4/c1-10-11(5-17(21)31-10)4-16(28)14-6-12(22)8-26(14)18(29)9-27-15-7-24-3-2-13(15)19(25-27)20(23)30;/h2-3,5,7,12,14H,4,6,8-9H2,1H3,(H2,23,30);1H4/t12-,14+;/m1./s1. The van der Waals surface area contributed by atoms with Crippen LogP contribution in [-0.2, 0) is 22.6 Å². The number of alkyl halides is 1. The summed E-state index contributed by atoms with van der Waals surface area (Å²) in [5.41, 5.74) is 6.63. The van der Waals surface area contributed by atoms with Gasteiger partial charge in [0.2, 0.25) is 5.91 Å². The minimum absolute atomic E-state index is 0. The summed E-state index contributed by atoms with van der Waals surface area (Å²) in [7, 11) is 0. The highest BCUT2D eigenvalue weighted by atomic mass is 35.5. The molecule has 2 N–H and O–H groups in total. The molecule has 0 spiro atoms. The monoisotopic (exact) mass is 479 g/mol. The Morgan fingerprint density at radius 2 is 2.12 bits per heavy atom. The van der Waals surface area contributed by atoms with E-state index >= 15 is 0 Å². The van der Waals surface area contributed by atoms with Gasteiger partial charge in [0.25, 0.3) is 5.91 Å². The van der Waals surface area contributed by atoms with Crippen molar-refractivity contribution in [3.8, 4) is 0 Å². The summed E-state index contributed by atoms with van der Waals surface area (Å²) in [4.78, 5) is 43.8. The van der Waals surface area contributed by atoms with Crippen LogP contribution in [0.15, 0.2) is 24.5 Å². The summed E-state index contributed by atoms with van der Waals surface area (Å²) in [6.45, 7) is 1.43. The summed E-state index contributed by atoms with van der Waals surface area (Å²) >= 11 is 7.38. The lowest BCUT2D eigenvalue weighted by atomic mass is 10.0. The zero-order valence-corrected chi connectivity index (χ0v) is 18.1. The second kappa shape index (κ2) is 9.33. The highest BCUT2D eigenvalue weighted by molar-refractivity contribution is 7.16. The van der Waals surface area contributed by atoms with E-state index in [0.717, 1.165) is 10.4 Å². The van der Waals surface area contributed by atoms with Crippen LogP contribution in [0.3, 0.4) is 0 Å². The Hall–Kier alpha value is -2.85. The maximum absolute atomic E-state index is 14.2. The predicted molar refractivity (Wildman–Crippen MR) is 121 cm³/mol. The molecule has 32 heavy (non-hydrogen) atoms. The maximum Gasteiger partial charge on any atom is 0.269 e. The fourth-order valence-electron chi connectivity index (χ4n) is 3.87. The Bertz CT molecular complexity index is 1190. The number of halogens is 2. The van der Waals surface area contributed by atoms with Crippen molar-refractivity contribution in [3.05, 3.63) is 45.0 Å². The van der Waals surface area contributed by atoms with Gasteiger partial charge in [0, 0.05) is 29.3 Å². The van der Waals surface area contributed by atoms with E-state index in [0.29, 0.717) is 15.2 Å². The van der Waals surface area contributed by atoms with Crippen molar-refractivity contribution in [3.63, 3.8) is 0 Å². The van der Waals surface area contributed by atoms with Crippen LogP contribution < -0.4 is 5.73 Å². The normalized spacial score (nSPS) is 18.0. The van der Waals surface area contributed by atoms with Gasteiger partial charge in [-0.05, 0) is 24.6 Å². The summed E-state index contributed by atoms with van der Waals surface area (Å²) in [5, 5.41) is 4.60. The van der Waals surface area contributed by atoms with Crippen molar-refractivity contribution in [2.24, 2.45) is 5.73 Å². The van der Waals surface area contributed by atoms with Crippen LogP contribution in [-0.4, -0.2) is 56.0 Å². The lowest BCUT2D eigenvalue weighted by molar-refractivity contribution is -0.138. The van der Waals surface area contributed by atoms with Crippen molar-refractivity contribution in [1.82, 2.24) is 19.7 Å². The van der Waals surface area contributed by atoms with Crippen LogP contribution in [0.4, 0.5) is 4.39 Å². The summed E-state index contributed by atoms with van der Waals surface area (Å²) in [5.74, 6) is -1.44. The number of thiophene rings is 1. The van der Waals surface area contributed by atoms with Crippen molar-refractivity contribution in [2.45, 2.75) is 46.0 Å². The van der Waals surface area contributed by atoms with Crippen LogP contribution in [0.25, 0.3) is 10.9 Å². The van der Waals surface area contributed by atoms with Gasteiger partial charge in [-0.3, -0.25) is 24.0 Å². The van der Waals surface area contributed by atoms with Crippen molar-refractivity contribution < 1.29 is 18.8 Å². The molecule has 11 heteroatoms. The Kier molecular flexibility index (Phi) is 6.94. The number of fused-ring (bicyclic) bond motifs is 1. The molecule has 0 bridgehead atoms. The van der Waals surface area contributed by atoms with E-state index in [4.69, 9.17) is 17.3 Å². The number of aromatic nitrogens is 3. The lowest BCUT2D eigenvalue weighted by Gasteiger charge is -2.23. The Balaban J connectivity index is 0.00000289. The van der Waals surface area contributed by atoms with E-state index in [9.17, 15) is 18.8 Å². The molecule has 1 aliphatic heterocycles. The average Bonchev–Trinajstić information content (AvgIpc) is 3.37. The van der Waals surface area contributed by atoms with Gasteiger partial charge in [0.1, 0.15) is 12.7 Å². The van der Waals surface area contributed by atoms with Gasteiger partial charge >= 0.3 is 0 Å². The van der Waals surface area contributed by atoms with Crippen molar-refractivity contribution in [1.29, 1.82) is 0 Å². The molecule has 0 aliphatic carbocycles. The summed E-state index contributed by atoms with van der Waals surface area (Å²) < 4.78 is 16.1. The lowest BCUT2D eigenvalue weighted by Crippen LogP contribution is -2.43. The number of nitrogens with two attached hydrogens (primary N) is 1. The van der Waals surface area contributed by atoms with E-state index in [1.165, 1.54) is 33.3 Å². The van der Waals surface area contributed by atoms with Crippen LogP contribution in [0.2, 0.25) is 4.34 Å². The first-order valence-electron chi connectivity index (χ1n) is 9.56. The number of primary amides is 1. The van der Waals surface area contributed by atoms with E-state index < -0.39 is 24.0 Å². The minimum Gasteiger partial charge on any atom is -0.364 e. The number of pyridine rings is 1. The van der Waals surface area contributed by atoms with Crippen molar-refractivity contribution >= 4 is 51.4 Å². The van der Waals surface area contributed by atoms with Gasteiger partial charge in [-0.1, -0.05) is 19.0 Å². The van der Waals surface area contributed by atoms with E-state index in [2.05, 4.69) is 10.1 Å². The number of carbonyl (C=O) groups excluding carboxylic acids is 3. The number of carbonyl (C=O) groups is 3. The number of Topliss-reactive ketones (excluding diaryl/α,β-unsaturated/α-hetero) is 1. The van der Waals surface area contributed by atoms with E-state index in [1.54, 1.807) is 12.1 Å². The number of hydrogen-bond donors (Lipinski definition) is 1. The van der Waals surface area contributed by atoms with Gasteiger partial charge in [-0.15, -0.1) is 11.3 Å². The van der Waals surface area contributed by atoms with Gasteiger partial charge in [-0.25, -0.2) is 4.39 Å². The molecule has 4 rings (SSSR count). The van der Waals surface area contributed by atoms with Gasteiger partial charge in [0.15, 0.2) is 11.5 Å². The van der Waals surface area contributed by atoms with Gasteiger partial charge in [-0.2, -0.15) is 5.10 Å². The number of amides is 2. The van der Waals surface area contributed by atoms with Gasteiger partial charge < -0.3 is 10.6 Å². The predicted octanol–water partition coefficient (Wildman–Crippen LogP) is 2.94. The smallest absolute Gasteiger partial charge is 0.269 e. The van der Waals surface area contributed by atoms with Gasteiger partial charge in [0.05, 0.1) is 28.6 Å². The number of likely N-dealkylation sites (tertiary alicyclic amines) is 1. The number of aryl methyl sites for hydroxylation is 1. The first-order valence-corrected chi connectivity index (χ1v) is 10.8. The fraction of sp³-hybridized carbons (Fsp3) is 0.381. The molecular weight excluding hydrogens is 457 g/mol. The van der Waals surface area contributed by atoms with Crippen molar-refractivity contribution in [2.75, 3.05) is 6.54 Å². The highest BCUT2D eigenvalue weighted by Crippen LogP contribution is 2.29. The molecule has 1 fully saturated rings. The molecule has 8 nitrogen and oxygen atoms in total. The SMILES string of the molecule is C.Cc1sc(Cl)cc1CC(=O)[C@@H]1C[C@@H](F)CN1C(=O)Cn1nc(C(N)=O)c2ccncc21. The quantitative estimate of drug-likeness (QED) is 0.584. The molecule has 3 aromatic rings. The third-order valence-corrected chi connectivity index (χ3v) is 6.59. The third kappa shape index (κ3) is 4.51. The molecule has 0 unspecified atom stereocenters. The molecule has 2 amide bonds. The third-order valence-electron chi connectivity index (χ3n) is 5.37. The molecule has 1 aliphatic rings. The molecule has 2 atom stereocenters. The second-order valence-electron chi connectivity index (χ2n) is 7.43. The van der Waals surface area contributed by atoms with Crippen LogP contribution in [0.1, 0.15) is 34.8 Å². The molecule has 0 aromatic carbocycles. The summed E-state index contributed by atoms with van der Waals surface area (Å²) in [6.07, 6.45) is 1.70. The topological polar surface area (TPSA) is 111 Å². The fourth-order valence-corrected chi connectivity index (χ4v) is 5.10. The maximum atomic E-state index is 14.2. The van der Waals surface area contributed by atoms with E-state index in [1.807, 2.05) is 6.92 Å². The number of ketones is 1. The molecule has 170 valence electrons. The van der Waals surface area contributed by atoms with E-state index in [-0.39, 0.29) is 44.8 Å². The van der Waals surface area contributed by atoms with Crippen LogP contribution in [0.5, 0.6) is 0 Å². The molecule has 0 radical (unpaired) electrons.